The molecule has 1 amide bonds. The van der Waals surface area contributed by atoms with Crippen molar-refractivity contribution in [2.24, 2.45) is 0 Å². The molecule has 0 saturated heterocycles. The number of carbonyl (C=O) groups is 1. The average molecular weight is 293 g/mol. The number of nitrogens with one attached hydrogen (secondary N) is 1. The van der Waals surface area contributed by atoms with E-state index < -0.39 is 5.56 Å². The Kier molecular flexibility index (Phi) is 4.20. The largest absolute Gasteiger partial charge is 0.506 e. The second kappa shape index (κ2) is 6.06. The zero-order valence-corrected chi connectivity index (χ0v) is 11.0. The normalized spacial score (nSPS) is 10.2. The number of para-hydroxylation sites is 2. The van der Waals surface area contributed by atoms with Crippen molar-refractivity contribution in [2.75, 3.05) is 16.9 Å². The molecule has 0 aliphatic rings. The number of amides is 1. The minimum Gasteiger partial charge on any atom is -0.506 e. The number of phenols is 1. The molecular formula is C11H11N5O3S. The number of aromatic nitrogens is 3. The van der Waals surface area contributed by atoms with Gasteiger partial charge in [0.25, 0.3) is 5.56 Å². The van der Waals surface area contributed by atoms with Crippen molar-refractivity contribution in [3.63, 3.8) is 0 Å². The van der Waals surface area contributed by atoms with Crippen LogP contribution in [0.1, 0.15) is 0 Å². The standard InChI is InChI=1S/C11H11N5O3S/c12-16-10(19)5-13-15-11(16)20-6-9(18)14-7-3-1-2-4-8(7)17/h1-5,17H,6,12H2,(H,14,18). The number of anilines is 1. The smallest absolute Gasteiger partial charge is 0.291 e. The first-order valence-electron chi connectivity index (χ1n) is 5.48. The van der Waals surface area contributed by atoms with Gasteiger partial charge in [0.05, 0.1) is 11.4 Å². The summed E-state index contributed by atoms with van der Waals surface area (Å²) in [6.07, 6.45) is 0.978. The lowest BCUT2D eigenvalue weighted by atomic mass is 10.3. The number of nitrogens with zero attached hydrogens (tertiary/aromatic N) is 3. The molecule has 4 N–H and O–H groups in total. The lowest BCUT2D eigenvalue weighted by Gasteiger charge is -2.07. The molecule has 0 radical (unpaired) electrons. The second-order valence-electron chi connectivity index (χ2n) is 3.69. The molecule has 9 heteroatoms. The van der Waals surface area contributed by atoms with Gasteiger partial charge in [-0.1, -0.05) is 23.9 Å². The highest BCUT2D eigenvalue weighted by Gasteiger charge is 2.09. The Bertz CT molecular complexity index is 688. The summed E-state index contributed by atoms with van der Waals surface area (Å²) in [7, 11) is 0. The highest BCUT2D eigenvalue weighted by atomic mass is 32.2. The van der Waals surface area contributed by atoms with E-state index in [-0.39, 0.29) is 22.6 Å². The highest BCUT2D eigenvalue weighted by Crippen LogP contribution is 2.22. The van der Waals surface area contributed by atoms with Gasteiger partial charge in [0.2, 0.25) is 11.1 Å². The fraction of sp³-hybridized carbons (Fsp3) is 0.0909. The van der Waals surface area contributed by atoms with Crippen LogP contribution in [0, 0.1) is 0 Å². The molecular weight excluding hydrogens is 282 g/mol. The molecule has 0 spiro atoms. The third-order valence-corrected chi connectivity index (χ3v) is 3.21. The SMILES string of the molecule is Nn1c(SCC(=O)Nc2ccccc2O)nncc1=O. The van der Waals surface area contributed by atoms with Crippen LogP contribution in [0.3, 0.4) is 0 Å². The van der Waals surface area contributed by atoms with E-state index in [1.54, 1.807) is 18.2 Å². The van der Waals surface area contributed by atoms with Gasteiger partial charge in [0, 0.05) is 0 Å². The second-order valence-corrected chi connectivity index (χ2v) is 4.63. The summed E-state index contributed by atoms with van der Waals surface area (Å²) < 4.78 is 0.810. The molecule has 2 aromatic rings. The molecule has 0 aliphatic carbocycles. The Balaban J connectivity index is 1.98. The number of hydrogen-bond donors (Lipinski definition) is 3. The van der Waals surface area contributed by atoms with Crippen molar-refractivity contribution in [1.29, 1.82) is 0 Å². The maximum absolute atomic E-state index is 11.7. The number of carbonyl (C=O) groups excluding carboxylic acids is 1. The summed E-state index contributed by atoms with van der Waals surface area (Å²) in [5.74, 6) is 5.04. The molecule has 0 unspecified atom stereocenters. The molecule has 0 bridgehead atoms. The van der Waals surface area contributed by atoms with Crippen molar-refractivity contribution >= 4 is 23.4 Å². The van der Waals surface area contributed by atoms with Crippen LogP contribution in [-0.2, 0) is 4.79 Å². The Morgan fingerprint density at radius 3 is 2.95 bits per heavy atom. The fourth-order valence-electron chi connectivity index (χ4n) is 1.33. The van der Waals surface area contributed by atoms with E-state index in [1.807, 2.05) is 0 Å². The summed E-state index contributed by atoms with van der Waals surface area (Å²) in [5.41, 5.74) is -0.203. The van der Waals surface area contributed by atoms with Crippen LogP contribution < -0.4 is 16.7 Å². The zero-order chi connectivity index (χ0) is 14.5. The van der Waals surface area contributed by atoms with Crippen LogP contribution in [0.5, 0.6) is 5.75 Å². The van der Waals surface area contributed by atoms with Gasteiger partial charge >= 0.3 is 0 Å². The number of rotatable bonds is 4. The molecule has 1 aromatic carbocycles. The summed E-state index contributed by atoms with van der Waals surface area (Å²) in [6.45, 7) is 0. The van der Waals surface area contributed by atoms with Gasteiger partial charge in [-0.25, -0.2) is 0 Å². The van der Waals surface area contributed by atoms with E-state index >= 15 is 0 Å². The monoisotopic (exact) mass is 293 g/mol. The van der Waals surface area contributed by atoms with Crippen molar-refractivity contribution < 1.29 is 9.90 Å². The predicted octanol–water partition coefficient (Wildman–Crippen LogP) is -0.211. The maximum atomic E-state index is 11.7. The minimum atomic E-state index is -0.511. The van der Waals surface area contributed by atoms with E-state index in [0.29, 0.717) is 5.69 Å². The number of hydrogen-bond acceptors (Lipinski definition) is 7. The third-order valence-electron chi connectivity index (χ3n) is 2.27. The first-order chi connectivity index (χ1) is 9.58. The van der Waals surface area contributed by atoms with E-state index in [4.69, 9.17) is 5.84 Å². The van der Waals surface area contributed by atoms with Crippen LogP contribution in [-0.4, -0.2) is 31.6 Å². The highest BCUT2D eigenvalue weighted by molar-refractivity contribution is 7.99. The lowest BCUT2D eigenvalue weighted by molar-refractivity contribution is -0.113. The van der Waals surface area contributed by atoms with Crippen LogP contribution in [0.25, 0.3) is 0 Å². The van der Waals surface area contributed by atoms with Crippen molar-refractivity contribution in [3.05, 3.63) is 40.8 Å². The molecule has 1 heterocycles. The van der Waals surface area contributed by atoms with Crippen molar-refractivity contribution in [1.82, 2.24) is 14.9 Å². The Hall–Kier alpha value is -2.55. The zero-order valence-electron chi connectivity index (χ0n) is 10.2. The summed E-state index contributed by atoms with van der Waals surface area (Å²) in [6, 6.07) is 6.36. The van der Waals surface area contributed by atoms with E-state index in [9.17, 15) is 14.7 Å². The molecule has 20 heavy (non-hydrogen) atoms. The van der Waals surface area contributed by atoms with Gasteiger partial charge in [0.1, 0.15) is 11.9 Å². The number of nitrogens with two attached hydrogens (primary N) is 1. The maximum Gasteiger partial charge on any atom is 0.291 e. The van der Waals surface area contributed by atoms with Crippen molar-refractivity contribution in [2.45, 2.75) is 5.16 Å². The summed E-state index contributed by atoms with van der Waals surface area (Å²) in [4.78, 5) is 22.9. The van der Waals surface area contributed by atoms with Gasteiger partial charge in [-0.3, -0.25) is 9.59 Å². The Labute approximate surface area is 117 Å². The summed E-state index contributed by atoms with van der Waals surface area (Å²) >= 11 is 0.965. The quantitative estimate of drug-likeness (QED) is 0.405. The van der Waals surface area contributed by atoms with Crippen LogP contribution in [0.15, 0.2) is 40.4 Å². The summed E-state index contributed by atoms with van der Waals surface area (Å²) in [5, 5.41) is 19.3. The number of thioether (sulfide) groups is 1. The molecule has 1 aromatic heterocycles. The minimum absolute atomic E-state index is 0.0241. The van der Waals surface area contributed by atoms with Crippen LogP contribution >= 0.6 is 11.8 Å². The topological polar surface area (TPSA) is 123 Å². The number of phenolic OH excluding ortho intramolecular Hbond substituents is 1. The predicted molar refractivity (Wildman–Crippen MR) is 73.9 cm³/mol. The number of aromatic hydroxyl groups is 1. The molecule has 0 atom stereocenters. The van der Waals surface area contributed by atoms with E-state index in [1.165, 1.54) is 6.07 Å². The molecule has 0 fully saturated rings. The first kappa shape index (κ1) is 13.9. The molecule has 0 aliphatic heterocycles. The third kappa shape index (κ3) is 3.26. The fourth-order valence-corrected chi connectivity index (χ4v) is 1.99. The van der Waals surface area contributed by atoms with Gasteiger partial charge in [-0.2, -0.15) is 9.77 Å². The molecule has 0 saturated carbocycles. The van der Waals surface area contributed by atoms with Crippen LogP contribution in [0.2, 0.25) is 0 Å². The number of benzene rings is 1. The molecule has 104 valence electrons. The molecule has 8 nitrogen and oxygen atoms in total. The molecule has 2 rings (SSSR count). The van der Waals surface area contributed by atoms with Crippen molar-refractivity contribution in [3.8, 4) is 5.75 Å². The van der Waals surface area contributed by atoms with E-state index in [0.717, 1.165) is 22.6 Å². The Morgan fingerprint density at radius 2 is 2.20 bits per heavy atom. The first-order valence-corrected chi connectivity index (χ1v) is 6.47. The lowest BCUT2D eigenvalue weighted by Crippen LogP contribution is -2.30. The van der Waals surface area contributed by atoms with E-state index in [2.05, 4.69) is 15.5 Å². The van der Waals surface area contributed by atoms with Crippen LogP contribution in [0.4, 0.5) is 5.69 Å². The number of nitrogen functional groups attached to an aromatic ring is 1. The Morgan fingerprint density at radius 1 is 1.45 bits per heavy atom. The van der Waals surface area contributed by atoms with Gasteiger partial charge in [-0.15, -0.1) is 5.10 Å². The van der Waals surface area contributed by atoms with Gasteiger partial charge in [0.15, 0.2) is 0 Å². The van der Waals surface area contributed by atoms with Gasteiger partial charge < -0.3 is 16.3 Å². The van der Waals surface area contributed by atoms with Gasteiger partial charge in [-0.05, 0) is 12.1 Å². The average Bonchev–Trinajstić information content (AvgIpc) is 2.43.